The Bertz CT molecular complexity index is 483. The van der Waals surface area contributed by atoms with Crippen LogP contribution in [-0.2, 0) is 6.54 Å². The highest BCUT2D eigenvalue weighted by Gasteiger charge is 2.15. The molecule has 0 fully saturated rings. The normalized spacial score (nSPS) is 15.7. The van der Waals surface area contributed by atoms with Gasteiger partial charge in [0, 0.05) is 25.8 Å². The Morgan fingerprint density at radius 1 is 1.45 bits per heavy atom. The first-order valence-electron chi connectivity index (χ1n) is 7.32. The lowest BCUT2D eigenvalue weighted by molar-refractivity contribution is 0.552. The minimum absolute atomic E-state index is 0.654. The van der Waals surface area contributed by atoms with Crippen molar-refractivity contribution >= 4 is 17.4 Å². The second kappa shape index (κ2) is 7.09. The molecule has 0 unspecified atom stereocenters. The number of anilines is 1. The summed E-state index contributed by atoms with van der Waals surface area (Å²) in [5, 5.41) is 4.17. The molecule has 4 heteroatoms. The van der Waals surface area contributed by atoms with E-state index in [1.54, 1.807) is 0 Å². The molecule has 0 aromatic carbocycles. The van der Waals surface area contributed by atoms with E-state index in [9.17, 15) is 0 Å². The van der Waals surface area contributed by atoms with Gasteiger partial charge in [-0.15, -0.1) is 0 Å². The first kappa shape index (κ1) is 15.3. The zero-order chi connectivity index (χ0) is 14.5. The molecule has 0 aliphatic carbocycles. The average molecular weight is 294 g/mol. The molecular formula is C16H24ClN3. The SMILES string of the molecule is CC1=CCCN(c2ncc(CNCC(C)C)cc2Cl)C1. The number of hydrogen-bond acceptors (Lipinski definition) is 3. The van der Waals surface area contributed by atoms with Gasteiger partial charge in [-0.3, -0.25) is 0 Å². The van der Waals surface area contributed by atoms with Crippen molar-refractivity contribution in [1.29, 1.82) is 0 Å². The fraction of sp³-hybridized carbons (Fsp3) is 0.562. The summed E-state index contributed by atoms with van der Waals surface area (Å²) >= 11 is 6.40. The minimum Gasteiger partial charge on any atom is -0.351 e. The second-order valence-electron chi connectivity index (χ2n) is 5.93. The Hall–Kier alpha value is -1.06. The summed E-state index contributed by atoms with van der Waals surface area (Å²) in [4.78, 5) is 6.81. The maximum Gasteiger partial charge on any atom is 0.147 e. The van der Waals surface area contributed by atoms with Crippen LogP contribution in [0, 0.1) is 5.92 Å². The van der Waals surface area contributed by atoms with E-state index in [1.165, 1.54) is 5.57 Å². The Kier molecular flexibility index (Phi) is 5.44. The summed E-state index contributed by atoms with van der Waals surface area (Å²) in [6.45, 7) is 10.3. The molecule has 3 nitrogen and oxygen atoms in total. The Morgan fingerprint density at radius 3 is 2.90 bits per heavy atom. The number of aromatic nitrogens is 1. The van der Waals surface area contributed by atoms with Gasteiger partial charge in [0.05, 0.1) is 5.02 Å². The van der Waals surface area contributed by atoms with Gasteiger partial charge in [-0.1, -0.05) is 37.1 Å². The van der Waals surface area contributed by atoms with Gasteiger partial charge >= 0.3 is 0 Å². The topological polar surface area (TPSA) is 28.2 Å². The van der Waals surface area contributed by atoms with Gasteiger partial charge in [0.15, 0.2) is 0 Å². The van der Waals surface area contributed by atoms with Crippen LogP contribution in [0.5, 0.6) is 0 Å². The molecule has 1 N–H and O–H groups in total. The van der Waals surface area contributed by atoms with Crippen LogP contribution in [-0.4, -0.2) is 24.6 Å². The summed E-state index contributed by atoms with van der Waals surface area (Å²) in [6.07, 6.45) is 5.29. The molecule has 1 aliphatic heterocycles. The van der Waals surface area contributed by atoms with Gasteiger partial charge in [0.1, 0.15) is 5.82 Å². The minimum atomic E-state index is 0.654. The smallest absolute Gasteiger partial charge is 0.147 e. The summed E-state index contributed by atoms with van der Waals surface area (Å²) in [7, 11) is 0. The van der Waals surface area contributed by atoms with Crippen molar-refractivity contribution in [3.63, 3.8) is 0 Å². The second-order valence-corrected chi connectivity index (χ2v) is 6.34. The summed E-state index contributed by atoms with van der Waals surface area (Å²) in [6, 6.07) is 2.03. The van der Waals surface area contributed by atoms with Crippen molar-refractivity contribution in [2.45, 2.75) is 33.7 Å². The molecule has 1 aromatic rings. The van der Waals surface area contributed by atoms with Crippen LogP contribution < -0.4 is 10.2 Å². The molecule has 0 saturated carbocycles. The maximum atomic E-state index is 6.40. The first-order chi connectivity index (χ1) is 9.56. The lowest BCUT2D eigenvalue weighted by atomic mass is 10.1. The summed E-state index contributed by atoms with van der Waals surface area (Å²) in [5.74, 6) is 1.56. The van der Waals surface area contributed by atoms with Crippen LogP contribution in [0.3, 0.4) is 0 Å². The highest BCUT2D eigenvalue weighted by atomic mass is 35.5. The molecule has 0 amide bonds. The summed E-state index contributed by atoms with van der Waals surface area (Å²) < 4.78 is 0. The predicted octanol–water partition coefficient (Wildman–Crippen LogP) is 3.64. The molecule has 1 aliphatic rings. The van der Waals surface area contributed by atoms with Gasteiger partial charge in [0.25, 0.3) is 0 Å². The van der Waals surface area contributed by atoms with Crippen molar-refractivity contribution in [3.8, 4) is 0 Å². The molecule has 20 heavy (non-hydrogen) atoms. The lowest BCUT2D eigenvalue weighted by Gasteiger charge is -2.28. The molecule has 2 heterocycles. The van der Waals surface area contributed by atoms with Crippen molar-refractivity contribution in [3.05, 3.63) is 34.5 Å². The van der Waals surface area contributed by atoms with Gasteiger partial charge in [-0.05, 0) is 37.4 Å². The number of nitrogens with one attached hydrogen (secondary N) is 1. The molecule has 0 spiro atoms. The first-order valence-corrected chi connectivity index (χ1v) is 7.69. The number of hydrogen-bond donors (Lipinski definition) is 1. The van der Waals surface area contributed by atoms with E-state index >= 15 is 0 Å². The Labute approximate surface area is 127 Å². The van der Waals surface area contributed by atoms with Crippen LogP contribution in [0.4, 0.5) is 5.82 Å². The highest BCUT2D eigenvalue weighted by molar-refractivity contribution is 6.33. The van der Waals surface area contributed by atoms with Crippen LogP contribution in [0.15, 0.2) is 23.9 Å². The van der Waals surface area contributed by atoms with E-state index in [2.05, 4.69) is 42.0 Å². The van der Waals surface area contributed by atoms with Gasteiger partial charge < -0.3 is 10.2 Å². The van der Waals surface area contributed by atoms with E-state index < -0.39 is 0 Å². The fourth-order valence-electron chi connectivity index (χ4n) is 2.40. The predicted molar refractivity (Wildman–Crippen MR) is 86.4 cm³/mol. The summed E-state index contributed by atoms with van der Waals surface area (Å²) in [5.41, 5.74) is 2.53. The lowest BCUT2D eigenvalue weighted by Crippen LogP contribution is -2.30. The third-order valence-electron chi connectivity index (χ3n) is 3.39. The van der Waals surface area contributed by atoms with Crippen molar-refractivity contribution < 1.29 is 0 Å². The standard InChI is InChI=1S/C16H24ClN3/c1-12(2)8-18-9-14-7-15(17)16(19-10-14)20-6-4-5-13(3)11-20/h5,7,10,12,18H,4,6,8-9,11H2,1-3H3. The Morgan fingerprint density at radius 2 is 2.25 bits per heavy atom. The molecule has 2 rings (SSSR count). The van der Waals surface area contributed by atoms with Crippen LogP contribution in [0.2, 0.25) is 5.02 Å². The molecule has 110 valence electrons. The molecule has 0 atom stereocenters. The van der Waals surface area contributed by atoms with Crippen LogP contribution >= 0.6 is 11.6 Å². The van der Waals surface area contributed by atoms with Crippen molar-refractivity contribution in [2.24, 2.45) is 5.92 Å². The molecule has 0 radical (unpaired) electrons. The third-order valence-corrected chi connectivity index (χ3v) is 3.67. The molecular weight excluding hydrogens is 270 g/mol. The fourth-order valence-corrected chi connectivity index (χ4v) is 2.71. The largest absolute Gasteiger partial charge is 0.351 e. The van der Waals surface area contributed by atoms with Gasteiger partial charge in [-0.25, -0.2) is 4.98 Å². The zero-order valence-corrected chi connectivity index (χ0v) is 13.4. The van der Waals surface area contributed by atoms with Crippen LogP contribution in [0.25, 0.3) is 0 Å². The van der Waals surface area contributed by atoms with Crippen molar-refractivity contribution in [2.75, 3.05) is 24.5 Å². The number of rotatable bonds is 5. The van der Waals surface area contributed by atoms with E-state index in [1.807, 2.05) is 12.3 Å². The quantitative estimate of drug-likeness (QED) is 0.840. The van der Waals surface area contributed by atoms with E-state index in [4.69, 9.17) is 11.6 Å². The van der Waals surface area contributed by atoms with E-state index in [0.29, 0.717) is 5.92 Å². The number of nitrogens with zero attached hydrogens (tertiary/aromatic N) is 2. The van der Waals surface area contributed by atoms with Crippen LogP contribution in [0.1, 0.15) is 32.8 Å². The average Bonchev–Trinajstić information content (AvgIpc) is 2.38. The molecule has 0 saturated heterocycles. The highest BCUT2D eigenvalue weighted by Crippen LogP contribution is 2.26. The molecule has 0 bridgehead atoms. The van der Waals surface area contributed by atoms with E-state index in [0.717, 1.165) is 49.0 Å². The number of halogens is 1. The zero-order valence-electron chi connectivity index (χ0n) is 12.6. The van der Waals surface area contributed by atoms with Gasteiger partial charge in [0.2, 0.25) is 0 Å². The van der Waals surface area contributed by atoms with Crippen molar-refractivity contribution in [1.82, 2.24) is 10.3 Å². The van der Waals surface area contributed by atoms with Gasteiger partial charge in [-0.2, -0.15) is 0 Å². The molecule has 1 aromatic heterocycles. The van der Waals surface area contributed by atoms with E-state index in [-0.39, 0.29) is 0 Å². The third kappa shape index (κ3) is 4.22. The monoisotopic (exact) mass is 293 g/mol. The Balaban J connectivity index is 2.00. The maximum absolute atomic E-state index is 6.40. The number of pyridine rings is 1.